The summed E-state index contributed by atoms with van der Waals surface area (Å²) in [6, 6.07) is 18.8. The summed E-state index contributed by atoms with van der Waals surface area (Å²) in [7, 11) is 0. The van der Waals surface area contributed by atoms with Crippen LogP contribution in [-0.2, 0) is 5.41 Å². The first-order chi connectivity index (χ1) is 12.1. The Morgan fingerprint density at radius 1 is 1.08 bits per heavy atom. The van der Waals surface area contributed by atoms with Crippen LogP contribution >= 0.6 is 11.8 Å². The first kappa shape index (κ1) is 17.5. The van der Waals surface area contributed by atoms with Gasteiger partial charge in [0.05, 0.1) is 6.61 Å². The molecule has 5 heteroatoms. The number of thioether (sulfide) groups is 1. The molecule has 0 spiro atoms. The second kappa shape index (κ2) is 7.74. The summed E-state index contributed by atoms with van der Waals surface area (Å²) in [5, 5.41) is 4.49. The number of hydrogen-bond acceptors (Lipinski definition) is 4. The van der Waals surface area contributed by atoms with Gasteiger partial charge < -0.3 is 4.74 Å². The summed E-state index contributed by atoms with van der Waals surface area (Å²) in [6.07, 6.45) is 3.38. The van der Waals surface area contributed by atoms with E-state index in [1.165, 1.54) is 10.5 Å². The highest BCUT2D eigenvalue weighted by atomic mass is 32.2. The zero-order chi connectivity index (χ0) is 17.7. The lowest BCUT2D eigenvalue weighted by Gasteiger charge is -2.34. The molecule has 0 bridgehead atoms. The molecule has 1 unspecified atom stereocenters. The lowest BCUT2D eigenvalue weighted by atomic mass is 9.84. The van der Waals surface area contributed by atoms with Gasteiger partial charge in [-0.1, -0.05) is 55.9 Å². The molecule has 3 aromatic rings. The summed E-state index contributed by atoms with van der Waals surface area (Å²) >= 11 is 1.78. The van der Waals surface area contributed by atoms with Crippen LogP contribution in [0.3, 0.4) is 0 Å². The molecule has 3 rings (SSSR count). The quantitative estimate of drug-likeness (QED) is 0.564. The number of ether oxygens (including phenoxy) is 1. The van der Waals surface area contributed by atoms with E-state index in [0.717, 1.165) is 5.75 Å². The van der Waals surface area contributed by atoms with Crippen molar-refractivity contribution in [3.8, 4) is 5.75 Å². The third-order valence-electron chi connectivity index (χ3n) is 4.19. The van der Waals surface area contributed by atoms with Gasteiger partial charge in [0, 0.05) is 10.3 Å². The van der Waals surface area contributed by atoms with Crippen molar-refractivity contribution in [3.05, 3.63) is 72.8 Å². The Hall–Kier alpha value is -2.27. The van der Waals surface area contributed by atoms with Crippen molar-refractivity contribution in [1.29, 1.82) is 0 Å². The predicted octanol–water partition coefficient (Wildman–Crippen LogP) is 4.95. The molecular weight excluding hydrogens is 330 g/mol. The van der Waals surface area contributed by atoms with Crippen LogP contribution in [0.2, 0.25) is 0 Å². The molecule has 0 aliphatic heterocycles. The van der Waals surface area contributed by atoms with Gasteiger partial charge >= 0.3 is 0 Å². The van der Waals surface area contributed by atoms with Gasteiger partial charge in [0.1, 0.15) is 23.8 Å². The third kappa shape index (κ3) is 4.04. The maximum absolute atomic E-state index is 5.54. The van der Waals surface area contributed by atoms with Gasteiger partial charge in [-0.25, -0.2) is 9.67 Å². The topological polar surface area (TPSA) is 39.9 Å². The van der Waals surface area contributed by atoms with E-state index < -0.39 is 0 Å². The molecule has 4 nitrogen and oxygen atoms in total. The average Bonchev–Trinajstić information content (AvgIpc) is 3.16. The molecular formula is C20H23N3OS. The van der Waals surface area contributed by atoms with Crippen molar-refractivity contribution < 1.29 is 4.74 Å². The van der Waals surface area contributed by atoms with Gasteiger partial charge in [0.25, 0.3) is 0 Å². The van der Waals surface area contributed by atoms with E-state index in [9.17, 15) is 0 Å². The molecule has 0 aliphatic rings. The van der Waals surface area contributed by atoms with Crippen LogP contribution < -0.4 is 4.74 Å². The number of benzene rings is 2. The van der Waals surface area contributed by atoms with Crippen LogP contribution in [0.1, 0.15) is 31.7 Å². The molecule has 0 aliphatic carbocycles. The van der Waals surface area contributed by atoms with E-state index in [1.807, 2.05) is 29.8 Å². The summed E-state index contributed by atoms with van der Waals surface area (Å²) in [4.78, 5) is 5.32. The molecule has 1 atom stereocenters. The average molecular weight is 353 g/mol. The van der Waals surface area contributed by atoms with Crippen LogP contribution in [0.5, 0.6) is 5.75 Å². The van der Waals surface area contributed by atoms with E-state index >= 15 is 0 Å². The minimum Gasteiger partial charge on any atom is -0.494 e. The molecule has 0 fully saturated rings. The van der Waals surface area contributed by atoms with Gasteiger partial charge in [-0.05, 0) is 36.8 Å². The van der Waals surface area contributed by atoms with Gasteiger partial charge in [-0.2, -0.15) is 5.10 Å². The lowest BCUT2D eigenvalue weighted by molar-refractivity contribution is 0.340. The molecule has 0 saturated heterocycles. The fraction of sp³-hybridized carbons (Fsp3) is 0.300. The van der Waals surface area contributed by atoms with E-state index in [4.69, 9.17) is 4.74 Å². The smallest absolute Gasteiger partial charge is 0.137 e. The van der Waals surface area contributed by atoms with E-state index in [2.05, 4.69) is 60.3 Å². The van der Waals surface area contributed by atoms with Crippen LogP contribution in [0.15, 0.2) is 72.1 Å². The molecule has 0 amide bonds. The monoisotopic (exact) mass is 353 g/mol. The predicted molar refractivity (Wildman–Crippen MR) is 102 cm³/mol. The molecule has 0 saturated carbocycles. The highest BCUT2D eigenvalue weighted by Gasteiger charge is 2.34. The summed E-state index contributed by atoms with van der Waals surface area (Å²) in [5.41, 5.74) is 1.15. The molecule has 0 N–H and O–H groups in total. The number of nitrogens with zero attached hydrogens (tertiary/aromatic N) is 3. The Balaban J connectivity index is 1.90. The summed E-state index contributed by atoms with van der Waals surface area (Å²) in [5.74, 6) is 0.895. The maximum Gasteiger partial charge on any atom is 0.137 e. The Kier molecular flexibility index (Phi) is 5.43. The highest BCUT2D eigenvalue weighted by Crippen LogP contribution is 2.45. The molecule has 1 heterocycles. The van der Waals surface area contributed by atoms with Crippen molar-refractivity contribution >= 4 is 11.8 Å². The van der Waals surface area contributed by atoms with Crippen molar-refractivity contribution in [3.63, 3.8) is 0 Å². The number of hydrogen-bond donors (Lipinski definition) is 0. The SMILES string of the molecule is CCOc1ccc(SC(n2cncn2)C(C)(C)c2ccccc2)cc1. The van der Waals surface area contributed by atoms with E-state index in [-0.39, 0.29) is 10.8 Å². The fourth-order valence-electron chi connectivity index (χ4n) is 2.79. The largest absolute Gasteiger partial charge is 0.494 e. The van der Waals surface area contributed by atoms with Crippen LogP contribution in [-0.4, -0.2) is 21.4 Å². The van der Waals surface area contributed by atoms with Crippen molar-refractivity contribution in [2.24, 2.45) is 0 Å². The van der Waals surface area contributed by atoms with Crippen molar-refractivity contribution in [2.75, 3.05) is 6.61 Å². The Morgan fingerprint density at radius 3 is 2.40 bits per heavy atom. The normalized spacial score (nSPS) is 12.8. The third-order valence-corrected chi connectivity index (χ3v) is 5.77. The van der Waals surface area contributed by atoms with Crippen LogP contribution in [0.25, 0.3) is 0 Å². The number of rotatable bonds is 7. The molecule has 25 heavy (non-hydrogen) atoms. The van der Waals surface area contributed by atoms with Gasteiger partial charge in [-0.15, -0.1) is 0 Å². The first-order valence-corrected chi connectivity index (χ1v) is 9.28. The molecule has 1 aromatic heterocycles. The van der Waals surface area contributed by atoms with Crippen molar-refractivity contribution in [2.45, 2.75) is 36.5 Å². The molecule has 0 radical (unpaired) electrons. The molecule has 130 valence electrons. The Labute approximate surface area is 153 Å². The van der Waals surface area contributed by atoms with Gasteiger partial charge in [0.15, 0.2) is 0 Å². The van der Waals surface area contributed by atoms with Crippen molar-refractivity contribution in [1.82, 2.24) is 14.8 Å². The van der Waals surface area contributed by atoms with Gasteiger partial charge in [0.2, 0.25) is 0 Å². The number of aromatic nitrogens is 3. The van der Waals surface area contributed by atoms with E-state index in [0.29, 0.717) is 6.61 Å². The van der Waals surface area contributed by atoms with E-state index in [1.54, 1.807) is 24.4 Å². The molecule has 2 aromatic carbocycles. The maximum atomic E-state index is 5.54. The Morgan fingerprint density at radius 2 is 1.80 bits per heavy atom. The zero-order valence-electron chi connectivity index (χ0n) is 14.8. The van der Waals surface area contributed by atoms with Gasteiger partial charge in [-0.3, -0.25) is 0 Å². The first-order valence-electron chi connectivity index (χ1n) is 8.40. The lowest BCUT2D eigenvalue weighted by Crippen LogP contribution is -2.29. The minimum absolute atomic E-state index is 0.0790. The zero-order valence-corrected chi connectivity index (χ0v) is 15.6. The second-order valence-corrected chi connectivity index (χ2v) is 7.49. The fourth-order valence-corrected chi connectivity index (χ4v) is 3.99. The van der Waals surface area contributed by atoms with Crippen LogP contribution in [0, 0.1) is 0 Å². The summed E-state index contributed by atoms with van der Waals surface area (Å²) < 4.78 is 7.48. The Bertz CT molecular complexity index is 770. The minimum atomic E-state index is -0.127. The highest BCUT2D eigenvalue weighted by molar-refractivity contribution is 7.99. The standard InChI is InChI=1S/C20H23N3OS/c1-4-24-17-10-12-18(13-11-17)25-19(23-15-21-14-22-23)20(2,3)16-8-6-5-7-9-16/h5-15,19H,4H2,1-3H3. The summed E-state index contributed by atoms with van der Waals surface area (Å²) in [6.45, 7) is 7.16. The second-order valence-electron chi connectivity index (χ2n) is 6.34. The van der Waals surface area contributed by atoms with Crippen LogP contribution in [0.4, 0.5) is 0 Å².